The first-order chi connectivity index (χ1) is 16.8. The minimum Gasteiger partial charge on any atom is -0.476 e. The summed E-state index contributed by atoms with van der Waals surface area (Å²) in [4.78, 5) is 35.9. The van der Waals surface area contributed by atoms with Crippen LogP contribution in [0.15, 0.2) is 54.7 Å². The number of carboxylic acids is 1. The number of hydrogen-bond acceptors (Lipinski definition) is 5. The number of ether oxygens (including phenoxy) is 1. The summed E-state index contributed by atoms with van der Waals surface area (Å²) in [6.45, 7) is 2.09. The van der Waals surface area contributed by atoms with Crippen LogP contribution in [-0.4, -0.2) is 45.5 Å². The molecule has 2 aromatic carbocycles. The molecule has 0 fully saturated rings. The van der Waals surface area contributed by atoms with Crippen molar-refractivity contribution in [3.63, 3.8) is 0 Å². The topological polar surface area (TPSA) is 123 Å². The molecular weight excluding hydrogens is 448 g/mol. The van der Waals surface area contributed by atoms with Gasteiger partial charge in [0.2, 0.25) is 5.91 Å². The van der Waals surface area contributed by atoms with Crippen molar-refractivity contribution in [3.05, 3.63) is 71.5 Å². The van der Waals surface area contributed by atoms with E-state index in [1.165, 1.54) is 29.1 Å². The van der Waals surface area contributed by atoms with E-state index in [-0.39, 0.29) is 42.3 Å². The van der Waals surface area contributed by atoms with Crippen molar-refractivity contribution in [2.75, 3.05) is 11.9 Å². The summed E-state index contributed by atoms with van der Waals surface area (Å²) in [5.74, 6) is -1.48. The molecule has 0 bridgehead atoms. The van der Waals surface area contributed by atoms with E-state index in [9.17, 15) is 19.5 Å². The molecule has 0 saturated carbocycles. The number of benzene rings is 2. The average molecular weight is 477 g/mol. The Labute approximate surface area is 203 Å². The Morgan fingerprint density at radius 2 is 1.71 bits per heavy atom. The molecule has 4 rings (SSSR count). The summed E-state index contributed by atoms with van der Waals surface area (Å²) in [6.07, 6.45) is 2.08. The molecule has 1 unspecified atom stereocenters. The number of carbonyl (C=O) groups excluding carboxylic acids is 2. The van der Waals surface area contributed by atoms with Crippen molar-refractivity contribution < 1.29 is 24.2 Å². The largest absolute Gasteiger partial charge is 0.476 e. The maximum absolute atomic E-state index is 12.4. The molecule has 0 saturated heterocycles. The standard InChI is InChI=1S/C26H28N4O5/c1-16(8-7-13-23(31)29-22-14-27-30(2)24(22)25(32)33)28-26(34)35-15-21-19-11-5-3-9-17(19)18-10-4-6-12-20(18)21/h3-6,9-12,14,16,21H,7-8,13,15H2,1-2H3,(H,28,34)(H,29,31)(H,32,33). The zero-order chi connectivity index (χ0) is 24.9. The van der Waals surface area contributed by atoms with Gasteiger partial charge in [-0.1, -0.05) is 48.5 Å². The normalized spacial score (nSPS) is 13.0. The van der Waals surface area contributed by atoms with Crippen LogP contribution in [0, 0.1) is 0 Å². The minimum atomic E-state index is -1.17. The fourth-order valence-corrected chi connectivity index (χ4v) is 4.48. The second kappa shape index (κ2) is 10.4. The van der Waals surface area contributed by atoms with E-state index >= 15 is 0 Å². The number of aromatic nitrogens is 2. The number of aryl methyl sites for hydroxylation is 1. The van der Waals surface area contributed by atoms with E-state index in [0.717, 1.165) is 11.1 Å². The Morgan fingerprint density at radius 1 is 1.09 bits per heavy atom. The molecule has 0 radical (unpaired) electrons. The molecule has 1 heterocycles. The summed E-state index contributed by atoms with van der Waals surface area (Å²) in [6, 6.07) is 16.1. The lowest BCUT2D eigenvalue weighted by Crippen LogP contribution is -2.34. The number of rotatable bonds is 9. The predicted octanol–water partition coefficient (Wildman–Crippen LogP) is 4.15. The van der Waals surface area contributed by atoms with Gasteiger partial charge in [0.1, 0.15) is 6.61 Å². The molecule has 1 atom stereocenters. The molecule has 1 aromatic heterocycles. The number of carboxylic acid groups (broad SMARTS) is 1. The summed E-state index contributed by atoms with van der Waals surface area (Å²) >= 11 is 0. The number of aromatic carboxylic acids is 1. The molecular formula is C26H28N4O5. The van der Waals surface area contributed by atoms with Gasteiger partial charge in [-0.3, -0.25) is 9.48 Å². The maximum Gasteiger partial charge on any atom is 0.407 e. The number of carbonyl (C=O) groups is 3. The second-order valence-corrected chi connectivity index (χ2v) is 8.65. The van der Waals surface area contributed by atoms with Crippen LogP contribution < -0.4 is 10.6 Å². The average Bonchev–Trinajstić information content (AvgIpc) is 3.35. The van der Waals surface area contributed by atoms with Gasteiger partial charge >= 0.3 is 12.1 Å². The smallest absolute Gasteiger partial charge is 0.407 e. The quantitative estimate of drug-likeness (QED) is 0.426. The molecule has 1 aliphatic rings. The van der Waals surface area contributed by atoms with Crippen molar-refractivity contribution >= 4 is 23.7 Å². The second-order valence-electron chi connectivity index (χ2n) is 8.65. The number of nitrogens with one attached hydrogen (secondary N) is 2. The predicted molar refractivity (Wildman–Crippen MR) is 130 cm³/mol. The van der Waals surface area contributed by atoms with Crippen molar-refractivity contribution in [1.82, 2.24) is 15.1 Å². The number of alkyl carbamates (subject to hydrolysis) is 1. The monoisotopic (exact) mass is 476 g/mol. The molecule has 0 spiro atoms. The Balaban J connectivity index is 1.22. The lowest BCUT2D eigenvalue weighted by Gasteiger charge is -2.17. The Bertz CT molecular complexity index is 1210. The fourth-order valence-electron chi connectivity index (χ4n) is 4.48. The SMILES string of the molecule is CC(CCCC(=O)Nc1cnn(C)c1C(=O)O)NC(=O)OCC1c2ccccc2-c2ccccc21. The first kappa shape index (κ1) is 24.0. The summed E-state index contributed by atoms with van der Waals surface area (Å²) in [7, 11) is 1.50. The van der Waals surface area contributed by atoms with Crippen molar-refractivity contribution in [1.29, 1.82) is 0 Å². The number of hydrogen-bond donors (Lipinski definition) is 3. The van der Waals surface area contributed by atoms with Crippen LogP contribution >= 0.6 is 0 Å². The zero-order valence-electron chi connectivity index (χ0n) is 19.7. The third-order valence-corrected chi connectivity index (χ3v) is 6.16. The summed E-state index contributed by atoms with van der Waals surface area (Å²) in [5, 5.41) is 18.5. The van der Waals surface area contributed by atoms with Gasteiger partial charge in [0.05, 0.1) is 11.9 Å². The molecule has 3 aromatic rings. The van der Waals surface area contributed by atoms with E-state index in [1.807, 2.05) is 31.2 Å². The zero-order valence-corrected chi connectivity index (χ0v) is 19.7. The molecule has 182 valence electrons. The number of fused-ring (bicyclic) bond motifs is 3. The van der Waals surface area contributed by atoms with Crippen molar-refractivity contribution in [3.8, 4) is 11.1 Å². The third kappa shape index (κ3) is 5.34. The highest BCUT2D eigenvalue weighted by molar-refractivity contribution is 5.99. The molecule has 9 nitrogen and oxygen atoms in total. The highest BCUT2D eigenvalue weighted by Gasteiger charge is 2.29. The highest BCUT2D eigenvalue weighted by atomic mass is 16.5. The molecule has 35 heavy (non-hydrogen) atoms. The van der Waals surface area contributed by atoms with Crippen molar-refractivity contribution in [2.45, 2.75) is 38.1 Å². The van der Waals surface area contributed by atoms with Crippen LogP contribution in [-0.2, 0) is 16.6 Å². The van der Waals surface area contributed by atoms with Crippen LogP contribution in [0.3, 0.4) is 0 Å². The lowest BCUT2D eigenvalue weighted by atomic mass is 9.98. The van der Waals surface area contributed by atoms with Gasteiger partial charge in [-0.15, -0.1) is 0 Å². The molecule has 0 aliphatic heterocycles. The van der Waals surface area contributed by atoms with E-state index in [4.69, 9.17) is 4.74 Å². The van der Waals surface area contributed by atoms with Crippen LogP contribution in [0.4, 0.5) is 10.5 Å². The van der Waals surface area contributed by atoms with Crippen molar-refractivity contribution in [2.24, 2.45) is 7.05 Å². The number of nitrogens with zero attached hydrogens (tertiary/aromatic N) is 2. The third-order valence-electron chi connectivity index (χ3n) is 6.16. The number of anilines is 1. The molecule has 1 aliphatic carbocycles. The van der Waals surface area contributed by atoms with Gasteiger partial charge in [0, 0.05) is 25.4 Å². The van der Waals surface area contributed by atoms with Gasteiger partial charge in [-0.25, -0.2) is 9.59 Å². The van der Waals surface area contributed by atoms with E-state index in [0.29, 0.717) is 12.8 Å². The minimum absolute atomic E-state index is 0.00433. The van der Waals surface area contributed by atoms with Gasteiger partial charge in [-0.05, 0) is 42.0 Å². The first-order valence-electron chi connectivity index (χ1n) is 11.5. The van der Waals surface area contributed by atoms with Crippen LogP contribution in [0.5, 0.6) is 0 Å². The van der Waals surface area contributed by atoms with E-state index in [1.54, 1.807) is 0 Å². The van der Waals surface area contributed by atoms with E-state index < -0.39 is 12.1 Å². The molecule has 9 heteroatoms. The van der Waals surface area contributed by atoms with Gasteiger partial charge in [0.15, 0.2) is 5.69 Å². The highest BCUT2D eigenvalue weighted by Crippen LogP contribution is 2.44. The molecule has 2 amide bonds. The first-order valence-corrected chi connectivity index (χ1v) is 11.5. The lowest BCUT2D eigenvalue weighted by molar-refractivity contribution is -0.116. The Morgan fingerprint density at radius 3 is 2.34 bits per heavy atom. The van der Waals surface area contributed by atoms with Crippen LogP contribution in [0.25, 0.3) is 11.1 Å². The van der Waals surface area contributed by atoms with E-state index in [2.05, 4.69) is 40.0 Å². The summed E-state index contributed by atoms with van der Waals surface area (Å²) < 4.78 is 6.75. The van der Waals surface area contributed by atoms with Gasteiger partial charge in [0.25, 0.3) is 0 Å². The van der Waals surface area contributed by atoms with Gasteiger partial charge in [-0.2, -0.15) is 5.10 Å². The van der Waals surface area contributed by atoms with Crippen LogP contribution in [0.1, 0.15) is 53.7 Å². The maximum atomic E-state index is 12.4. The Kier molecular flexibility index (Phi) is 7.14. The van der Waals surface area contributed by atoms with Crippen LogP contribution in [0.2, 0.25) is 0 Å². The summed E-state index contributed by atoms with van der Waals surface area (Å²) in [5.41, 5.74) is 4.73. The van der Waals surface area contributed by atoms with Gasteiger partial charge < -0.3 is 20.5 Å². The molecule has 3 N–H and O–H groups in total. The fraction of sp³-hybridized carbons (Fsp3) is 0.308. The Hall–Kier alpha value is -4.14. The number of amides is 2.